The van der Waals surface area contributed by atoms with Crippen molar-refractivity contribution in [2.45, 2.75) is 31.7 Å². The van der Waals surface area contributed by atoms with Gasteiger partial charge in [-0.2, -0.15) is 0 Å². The first-order chi connectivity index (χ1) is 13.1. The molecule has 0 unspecified atom stereocenters. The van der Waals surface area contributed by atoms with Crippen LogP contribution in [-0.2, 0) is 11.3 Å². The third-order valence-electron chi connectivity index (χ3n) is 4.97. The monoisotopic (exact) mass is 368 g/mol. The predicted molar refractivity (Wildman–Crippen MR) is 98.5 cm³/mol. The lowest BCUT2D eigenvalue weighted by Gasteiger charge is -2.30. The Hall–Kier alpha value is -3.16. The van der Waals surface area contributed by atoms with Crippen molar-refractivity contribution in [1.82, 2.24) is 19.4 Å². The quantitative estimate of drug-likeness (QED) is 0.751. The van der Waals surface area contributed by atoms with Gasteiger partial charge in [-0.25, -0.2) is 9.78 Å². The number of nitrogens with zero attached hydrogens (tertiary/aromatic N) is 3. The molecular weight excluding hydrogens is 348 g/mol. The molecule has 0 spiro atoms. The lowest BCUT2D eigenvalue weighted by atomic mass is 9.96. The summed E-state index contributed by atoms with van der Waals surface area (Å²) in [5.74, 6) is 0.954. The van der Waals surface area contributed by atoms with E-state index < -0.39 is 11.2 Å². The molecular formula is C19H20N4O4. The average Bonchev–Trinajstić information content (AvgIpc) is 3.11. The number of rotatable bonds is 4. The smallest absolute Gasteiger partial charge is 0.328 e. The van der Waals surface area contributed by atoms with Gasteiger partial charge < -0.3 is 13.9 Å². The second-order valence-electron chi connectivity index (χ2n) is 6.73. The lowest BCUT2D eigenvalue weighted by molar-refractivity contribution is -0.132. The van der Waals surface area contributed by atoms with Crippen LogP contribution in [-0.4, -0.2) is 38.4 Å². The number of piperidine rings is 1. The largest absolute Gasteiger partial charge is 0.440 e. The molecule has 0 radical (unpaired) electrons. The van der Waals surface area contributed by atoms with Crippen molar-refractivity contribution in [2.75, 3.05) is 13.1 Å². The maximum atomic E-state index is 12.4. The van der Waals surface area contributed by atoms with Crippen molar-refractivity contribution >= 4 is 17.0 Å². The number of amides is 1. The van der Waals surface area contributed by atoms with Crippen molar-refractivity contribution in [2.24, 2.45) is 0 Å². The maximum absolute atomic E-state index is 12.4. The molecule has 1 saturated heterocycles. The number of carbonyl (C=O) groups is 1. The van der Waals surface area contributed by atoms with Crippen LogP contribution < -0.4 is 11.2 Å². The van der Waals surface area contributed by atoms with Crippen LogP contribution in [0.2, 0.25) is 0 Å². The van der Waals surface area contributed by atoms with Gasteiger partial charge in [0.15, 0.2) is 11.5 Å². The molecule has 8 nitrogen and oxygen atoms in total. The van der Waals surface area contributed by atoms with Gasteiger partial charge in [0.1, 0.15) is 5.52 Å². The van der Waals surface area contributed by atoms with Crippen molar-refractivity contribution in [3.8, 4) is 0 Å². The average molecular weight is 368 g/mol. The molecule has 0 atom stereocenters. The minimum absolute atomic E-state index is 0.00381. The van der Waals surface area contributed by atoms with E-state index in [-0.39, 0.29) is 24.8 Å². The summed E-state index contributed by atoms with van der Waals surface area (Å²) >= 11 is 0. The number of hydrogen-bond acceptors (Lipinski definition) is 5. The van der Waals surface area contributed by atoms with E-state index >= 15 is 0 Å². The highest BCUT2D eigenvalue weighted by Gasteiger charge is 2.26. The van der Waals surface area contributed by atoms with Gasteiger partial charge in [0.2, 0.25) is 5.91 Å². The van der Waals surface area contributed by atoms with Crippen molar-refractivity contribution in [3.05, 3.63) is 63.3 Å². The van der Waals surface area contributed by atoms with Gasteiger partial charge in [0.25, 0.3) is 5.56 Å². The summed E-state index contributed by atoms with van der Waals surface area (Å²) < 4.78 is 7.19. The standard InChI is InChI=1S/C19H20N4O4/c24-16-7-11-23(19(26)21-16)12-8-17(25)22-9-5-13(6-10-22)18-20-14-3-1-2-4-15(14)27-18/h1-4,7,11,13H,5-6,8-10,12H2,(H,21,24,26). The molecule has 27 heavy (non-hydrogen) atoms. The first-order valence-corrected chi connectivity index (χ1v) is 9.03. The van der Waals surface area contributed by atoms with E-state index in [1.54, 1.807) is 0 Å². The number of aromatic nitrogens is 3. The number of H-pyrrole nitrogens is 1. The van der Waals surface area contributed by atoms with Crippen LogP contribution >= 0.6 is 0 Å². The molecule has 1 aliphatic heterocycles. The van der Waals surface area contributed by atoms with E-state index in [1.807, 2.05) is 29.2 Å². The third kappa shape index (κ3) is 3.69. The van der Waals surface area contributed by atoms with Crippen molar-refractivity contribution < 1.29 is 9.21 Å². The molecule has 0 bridgehead atoms. The SMILES string of the molecule is O=C(CCn1ccc(=O)[nH]c1=O)N1CCC(c2nc3ccccc3o2)CC1. The second-order valence-corrected chi connectivity index (χ2v) is 6.73. The normalized spacial score (nSPS) is 15.3. The molecule has 8 heteroatoms. The van der Waals surface area contributed by atoms with Gasteiger partial charge in [-0.05, 0) is 25.0 Å². The fraction of sp³-hybridized carbons (Fsp3) is 0.368. The first-order valence-electron chi connectivity index (χ1n) is 9.03. The van der Waals surface area contributed by atoms with E-state index in [9.17, 15) is 14.4 Å². The zero-order valence-electron chi connectivity index (χ0n) is 14.8. The fourth-order valence-electron chi connectivity index (χ4n) is 3.44. The van der Waals surface area contributed by atoms with Gasteiger partial charge in [-0.15, -0.1) is 0 Å². The zero-order chi connectivity index (χ0) is 18.8. The van der Waals surface area contributed by atoms with Crippen LogP contribution in [0.4, 0.5) is 0 Å². The number of nitrogens with one attached hydrogen (secondary N) is 1. The first kappa shape index (κ1) is 17.3. The van der Waals surface area contributed by atoms with Crippen LogP contribution in [0, 0.1) is 0 Å². The van der Waals surface area contributed by atoms with Crippen LogP contribution in [0.1, 0.15) is 31.1 Å². The molecule has 1 amide bonds. The van der Waals surface area contributed by atoms with Crippen molar-refractivity contribution in [1.29, 1.82) is 0 Å². The van der Waals surface area contributed by atoms with Crippen molar-refractivity contribution in [3.63, 3.8) is 0 Å². The summed E-state index contributed by atoms with van der Waals surface area (Å²) in [7, 11) is 0. The molecule has 2 aromatic heterocycles. The van der Waals surface area contributed by atoms with Gasteiger partial charge in [-0.1, -0.05) is 12.1 Å². The van der Waals surface area contributed by atoms with Crippen LogP contribution in [0.5, 0.6) is 0 Å². The number of hydrogen-bond donors (Lipinski definition) is 1. The number of likely N-dealkylation sites (tertiary alicyclic amines) is 1. The topological polar surface area (TPSA) is 101 Å². The fourth-order valence-corrected chi connectivity index (χ4v) is 3.44. The van der Waals surface area contributed by atoms with Crippen LogP contribution in [0.15, 0.2) is 50.5 Å². The van der Waals surface area contributed by atoms with E-state index in [0.717, 1.165) is 29.8 Å². The van der Waals surface area contributed by atoms with E-state index in [1.165, 1.54) is 16.8 Å². The number of para-hydroxylation sites is 2. The Labute approximate surface area is 154 Å². The lowest BCUT2D eigenvalue weighted by Crippen LogP contribution is -2.39. The number of oxazole rings is 1. The molecule has 1 aliphatic rings. The molecule has 3 aromatic rings. The van der Waals surface area contributed by atoms with E-state index in [0.29, 0.717) is 13.1 Å². The Morgan fingerprint density at radius 2 is 1.96 bits per heavy atom. The number of carbonyl (C=O) groups excluding carboxylic acids is 1. The number of aryl methyl sites for hydroxylation is 1. The summed E-state index contributed by atoms with van der Waals surface area (Å²) in [5.41, 5.74) is 0.712. The molecule has 1 N–H and O–H groups in total. The number of aromatic amines is 1. The van der Waals surface area contributed by atoms with Gasteiger partial charge in [0.05, 0.1) is 0 Å². The minimum atomic E-state index is -0.495. The molecule has 0 aliphatic carbocycles. The molecule has 0 saturated carbocycles. The van der Waals surface area contributed by atoms with E-state index in [2.05, 4.69) is 9.97 Å². The Morgan fingerprint density at radius 1 is 1.19 bits per heavy atom. The number of benzene rings is 1. The Morgan fingerprint density at radius 3 is 2.70 bits per heavy atom. The summed E-state index contributed by atoms with van der Waals surface area (Å²) in [6.07, 6.45) is 3.24. The number of fused-ring (bicyclic) bond motifs is 1. The highest BCUT2D eigenvalue weighted by Crippen LogP contribution is 2.30. The summed E-state index contributed by atoms with van der Waals surface area (Å²) in [6, 6.07) is 8.97. The summed E-state index contributed by atoms with van der Waals surface area (Å²) in [4.78, 5) is 43.7. The molecule has 3 heterocycles. The third-order valence-corrected chi connectivity index (χ3v) is 4.97. The second kappa shape index (κ2) is 7.22. The molecule has 1 fully saturated rings. The molecule has 1 aromatic carbocycles. The van der Waals surface area contributed by atoms with Crippen LogP contribution in [0.25, 0.3) is 11.1 Å². The Kier molecular flexibility index (Phi) is 4.62. The minimum Gasteiger partial charge on any atom is -0.440 e. The maximum Gasteiger partial charge on any atom is 0.328 e. The highest BCUT2D eigenvalue weighted by atomic mass is 16.3. The van der Waals surface area contributed by atoms with E-state index in [4.69, 9.17) is 4.42 Å². The van der Waals surface area contributed by atoms with Gasteiger partial charge >= 0.3 is 5.69 Å². The van der Waals surface area contributed by atoms with Crippen LogP contribution in [0.3, 0.4) is 0 Å². The molecule has 4 rings (SSSR count). The summed E-state index contributed by atoms with van der Waals surface area (Å²) in [6.45, 7) is 1.53. The molecule has 140 valence electrons. The van der Waals surface area contributed by atoms with Gasteiger partial charge in [-0.3, -0.25) is 14.6 Å². The Bertz CT molecular complexity index is 1040. The summed E-state index contributed by atoms with van der Waals surface area (Å²) in [5, 5.41) is 0. The predicted octanol–water partition coefficient (Wildman–Crippen LogP) is 1.47. The Balaban J connectivity index is 1.33. The highest BCUT2D eigenvalue weighted by molar-refractivity contribution is 5.76. The zero-order valence-corrected chi connectivity index (χ0v) is 14.8. The van der Waals surface area contributed by atoms with Gasteiger partial charge in [0, 0.05) is 44.2 Å².